The summed E-state index contributed by atoms with van der Waals surface area (Å²) < 4.78 is 10.2. The predicted molar refractivity (Wildman–Crippen MR) is 116 cm³/mol. The number of rotatable bonds is 8. The molecule has 8 heteroatoms. The van der Waals surface area contributed by atoms with Crippen molar-refractivity contribution < 1.29 is 23.9 Å². The van der Waals surface area contributed by atoms with Crippen LogP contribution in [-0.2, 0) is 19.1 Å². The summed E-state index contributed by atoms with van der Waals surface area (Å²) in [6.07, 6.45) is -0.467. The first kappa shape index (κ1) is 22.0. The second kappa shape index (κ2) is 10.4. The Balaban J connectivity index is 1.43. The number of carbonyl (C=O) groups is 3. The largest absolute Gasteiger partial charge is 0.497 e. The van der Waals surface area contributed by atoms with Gasteiger partial charge in [0.1, 0.15) is 5.75 Å². The molecule has 1 heterocycles. The fourth-order valence-electron chi connectivity index (χ4n) is 3.04. The fourth-order valence-corrected chi connectivity index (χ4v) is 3.04. The Morgan fingerprint density at radius 2 is 1.77 bits per heavy atom. The summed E-state index contributed by atoms with van der Waals surface area (Å²) in [6.45, 7) is 1.97. The molecule has 0 aliphatic carbocycles. The molecule has 0 saturated carbocycles. The van der Waals surface area contributed by atoms with Gasteiger partial charge in [0, 0.05) is 18.5 Å². The minimum Gasteiger partial charge on any atom is -0.497 e. The fraction of sp³-hybridized carbons (Fsp3) is 0.304. The van der Waals surface area contributed by atoms with Crippen molar-refractivity contribution in [2.75, 3.05) is 19.0 Å². The molecule has 1 atom stereocenters. The average Bonchev–Trinajstić information content (AvgIpc) is 3.29. The lowest BCUT2D eigenvalue weighted by Crippen LogP contribution is -2.30. The van der Waals surface area contributed by atoms with Crippen molar-refractivity contribution in [2.24, 2.45) is 5.10 Å². The molecule has 0 unspecified atom stereocenters. The van der Waals surface area contributed by atoms with Crippen molar-refractivity contribution in [3.05, 3.63) is 60.2 Å². The van der Waals surface area contributed by atoms with E-state index in [1.807, 2.05) is 30.3 Å². The van der Waals surface area contributed by atoms with Gasteiger partial charge in [0.25, 0.3) is 5.91 Å². The normalized spacial score (nSPS) is 13.9. The number of nitrogens with zero attached hydrogens (tertiary/aromatic N) is 2. The SMILES string of the molecule is COc1ccc(NC(=O)[C@H](C)OC(=O)CCC(=O)N2CCC(c3ccccc3)=N2)cc1. The van der Waals surface area contributed by atoms with E-state index < -0.39 is 18.0 Å². The minimum atomic E-state index is -0.987. The predicted octanol–water partition coefficient (Wildman–Crippen LogP) is 2.98. The number of ether oxygens (including phenoxy) is 2. The maximum Gasteiger partial charge on any atom is 0.307 e. The maximum atomic E-state index is 12.4. The number of carbonyl (C=O) groups excluding carboxylic acids is 3. The van der Waals surface area contributed by atoms with E-state index in [2.05, 4.69) is 10.4 Å². The number of hydrogen-bond acceptors (Lipinski definition) is 6. The van der Waals surface area contributed by atoms with Crippen molar-refractivity contribution in [3.63, 3.8) is 0 Å². The Morgan fingerprint density at radius 1 is 1.06 bits per heavy atom. The van der Waals surface area contributed by atoms with Crippen LogP contribution in [0.25, 0.3) is 0 Å². The van der Waals surface area contributed by atoms with Crippen molar-refractivity contribution in [2.45, 2.75) is 32.3 Å². The molecule has 0 saturated heterocycles. The van der Waals surface area contributed by atoms with Gasteiger partial charge in [0.05, 0.1) is 25.8 Å². The van der Waals surface area contributed by atoms with Crippen molar-refractivity contribution >= 4 is 29.2 Å². The highest BCUT2D eigenvalue weighted by atomic mass is 16.5. The van der Waals surface area contributed by atoms with Crippen LogP contribution in [-0.4, -0.2) is 48.3 Å². The molecule has 3 rings (SSSR count). The minimum absolute atomic E-state index is 0.0305. The molecule has 0 radical (unpaired) electrons. The number of hydrazone groups is 1. The molecule has 0 aromatic heterocycles. The summed E-state index contributed by atoms with van der Waals surface area (Å²) in [6, 6.07) is 16.4. The quantitative estimate of drug-likeness (QED) is 0.659. The van der Waals surface area contributed by atoms with E-state index >= 15 is 0 Å². The van der Waals surface area contributed by atoms with E-state index in [0.29, 0.717) is 24.4 Å². The topological polar surface area (TPSA) is 97.3 Å². The Hall–Kier alpha value is -3.68. The van der Waals surface area contributed by atoms with E-state index in [-0.39, 0.29) is 18.7 Å². The van der Waals surface area contributed by atoms with Gasteiger partial charge in [-0.15, -0.1) is 0 Å². The van der Waals surface area contributed by atoms with Gasteiger partial charge in [0.15, 0.2) is 6.10 Å². The van der Waals surface area contributed by atoms with Gasteiger partial charge in [-0.2, -0.15) is 5.10 Å². The third kappa shape index (κ3) is 6.15. The number of nitrogens with one attached hydrogen (secondary N) is 1. The van der Waals surface area contributed by atoms with E-state index in [9.17, 15) is 14.4 Å². The van der Waals surface area contributed by atoms with Gasteiger partial charge in [-0.3, -0.25) is 14.4 Å². The van der Waals surface area contributed by atoms with Gasteiger partial charge in [0.2, 0.25) is 5.91 Å². The van der Waals surface area contributed by atoms with E-state index in [1.54, 1.807) is 31.4 Å². The first-order valence-electron chi connectivity index (χ1n) is 10.0. The maximum absolute atomic E-state index is 12.4. The third-order valence-corrected chi connectivity index (χ3v) is 4.77. The Labute approximate surface area is 180 Å². The van der Waals surface area contributed by atoms with Gasteiger partial charge >= 0.3 is 5.97 Å². The summed E-state index contributed by atoms with van der Waals surface area (Å²) in [5, 5.41) is 8.41. The molecule has 162 valence electrons. The van der Waals surface area contributed by atoms with Gasteiger partial charge in [-0.1, -0.05) is 30.3 Å². The van der Waals surface area contributed by atoms with Crippen molar-refractivity contribution in [1.29, 1.82) is 0 Å². The lowest BCUT2D eigenvalue weighted by atomic mass is 10.1. The monoisotopic (exact) mass is 423 g/mol. The number of benzene rings is 2. The number of esters is 1. The molecule has 0 spiro atoms. The van der Waals surface area contributed by atoms with Crippen LogP contribution < -0.4 is 10.1 Å². The van der Waals surface area contributed by atoms with Crippen LogP contribution >= 0.6 is 0 Å². The second-order valence-corrected chi connectivity index (χ2v) is 7.03. The highest BCUT2D eigenvalue weighted by Gasteiger charge is 2.23. The van der Waals surface area contributed by atoms with E-state index in [4.69, 9.17) is 9.47 Å². The van der Waals surface area contributed by atoms with Crippen LogP contribution in [0.4, 0.5) is 5.69 Å². The number of hydrogen-bond donors (Lipinski definition) is 1. The smallest absolute Gasteiger partial charge is 0.307 e. The molecule has 0 fully saturated rings. The summed E-state index contributed by atoms with van der Waals surface area (Å²) >= 11 is 0. The lowest BCUT2D eigenvalue weighted by molar-refractivity contribution is -0.154. The van der Waals surface area contributed by atoms with Crippen LogP contribution in [0.2, 0.25) is 0 Å². The van der Waals surface area contributed by atoms with Crippen LogP contribution in [0, 0.1) is 0 Å². The van der Waals surface area contributed by atoms with Crippen LogP contribution in [0.3, 0.4) is 0 Å². The van der Waals surface area contributed by atoms with Crippen molar-refractivity contribution in [1.82, 2.24) is 5.01 Å². The van der Waals surface area contributed by atoms with Crippen LogP contribution in [0.5, 0.6) is 5.75 Å². The van der Waals surface area contributed by atoms with Gasteiger partial charge in [-0.25, -0.2) is 5.01 Å². The molecule has 0 bridgehead atoms. The molecule has 1 aliphatic rings. The Morgan fingerprint density at radius 3 is 2.45 bits per heavy atom. The van der Waals surface area contributed by atoms with Gasteiger partial charge in [-0.05, 0) is 36.8 Å². The zero-order valence-electron chi connectivity index (χ0n) is 17.5. The number of amides is 2. The van der Waals surface area contributed by atoms with Crippen LogP contribution in [0.1, 0.15) is 31.7 Å². The highest BCUT2D eigenvalue weighted by Crippen LogP contribution is 2.17. The molecular formula is C23H25N3O5. The summed E-state index contributed by atoms with van der Waals surface area (Å²) in [4.78, 5) is 36.6. The van der Waals surface area contributed by atoms with Gasteiger partial charge < -0.3 is 14.8 Å². The Bertz CT molecular complexity index is 957. The molecular weight excluding hydrogens is 398 g/mol. The summed E-state index contributed by atoms with van der Waals surface area (Å²) in [5.74, 6) is -0.655. The standard InChI is InChI=1S/C23H25N3O5/c1-16(23(29)24-18-8-10-19(30-2)11-9-18)31-22(28)13-12-21(27)26-15-14-20(25-26)17-6-4-3-5-7-17/h3-11,16H,12-15H2,1-2H3,(H,24,29)/t16-/m0/s1. The first-order valence-corrected chi connectivity index (χ1v) is 10.0. The molecule has 2 aromatic rings. The lowest BCUT2D eigenvalue weighted by Gasteiger charge is -2.14. The molecule has 2 aromatic carbocycles. The average molecular weight is 423 g/mol. The van der Waals surface area contributed by atoms with E-state index in [0.717, 1.165) is 11.3 Å². The molecule has 1 N–H and O–H groups in total. The molecule has 1 aliphatic heterocycles. The summed E-state index contributed by atoms with van der Waals surface area (Å²) in [7, 11) is 1.55. The molecule has 31 heavy (non-hydrogen) atoms. The first-order chi connectivity index (χ1) is 15.0. The van der Waals surface area contributed by atoms with E-state index in [1.165, 1.54) is 11.9 Å². The number of anilines is 1. The third-order valence-electron chi connectivity index (χ3n) is 4.77. The molecule has 2 amide bonds. The van der Waals surface area contributed by atoms with Crippen molar-refractivity contribution in [3.8, 4) is 5.75 Å². The highest BCUT2D eigenvalue weighted by molar-refractivity contribution is 6.02. The summed E-state index contributed by atoms with van der Waals surface area (Å²) in [5.41, 5.74) is 2.39. The molecule has 8 nitrogen and oxygen atoms in total. The second-order valence-electron chi connectivity index (χ2n) is 7.03. The zero-order valence-corrected chi connectivity index (χ0v) is 17.5. The Kier molecular flexibility index (Phi) is 7.37. The number of methoxy groups -OCH3 is 1. The zero-order chi connectivity index (χ0) is 22.2. The van der Waals surface area contributed by atoms with Crippen LogP contribution in [0.15, 0.2) is 59.7 Å².